The van der Waals surface area contributed by atoms with Crippen LogP contribution >= 0.6 is 11.6 Å². The van der Waals surface area contributed by atoms with Crippen molar-refractivity contribution in [3.8, 4) is 0 Å². The van der Waals surface area contributed by atoms with Gasteiger partial charge in [0.1, 0.15) is 0 Å². The maximum atomic E-state index is 11.8. The van der Waals surface area contributed by atoms with E-state index in [0.717, 1.165) is 0 Å². The molecule has 0 aliphatic carbocycles. The summed E-state index contributed by atoms with van der Waals surface area (Å²) in [5.41, 5.74) is 0.398. The molecule has 0 N–H and O–H groups in total. The third-order valence-electron chi connectivity index (χ3n) is 1.87. The molecule has 14 heavy (non-hydrogen) atoms. The molecule has 1 heterocycles. The average molecular weight is 214 g/mol. The zero-order valence-corrected chi connectivity index (χ0v) is 8.75. The van der Waals surface area contributed by atoms with Gasteiger partial charge in [0, 0.05) is 13.1 Å². The van der Waals surface area contributed by atoms with Crippen molar-refractivity contribution in [2.24, 2.45) is 0 Å². The van der Waals surface area contributed by atoms with Crippen LogP contribution in [0.3, 0.4) is 0 Å². The minimum Gasteiger partial charge on any atom is -0.452 e. The Morgan fingerprint density at radius 1 is 1.79 bits per heavy atom. The number of hydrogen-bond donors (Lipinski definition) is 0. The summed E-state index contributed by atoms with van der Waals surface area (Å²) in [7, 11) is 0. The summed E-state index contributed by atoms with van der Waals surface area (Å²) in [4.78, 5) is 13.4. The number of halogens is 1. The van der Waals surface area contributed by atoms with Crippen molar-refractivity contribution in [2.75, 3.05) is 13.1 Å². The molecule has 0 radical (unpaired) electrons. The van der Waals surface area contributed by atoms with E-state index >= 15 is 0 Å². The largest absolute Gasteiger partial charge is 0.452 e. The Morgan fingerprint density at radius 2 is 2.50 bits per heavy atom. The Kier molecular flexibility index (Phi) is 3.77. The standard InChI is InChI=1S/C10H12ClNO2/c1-3-6-12(4-2)10(13)8-5-7-14-9(8)11/h3,5,7H,1,4,6H2,2H3. The summed E-state index contributed by atoms with van der Waals surface area (Å²) >= 11 is 5.70. The van der Waals surface area contributed by atoms with Crippen molar-refractivity contribution in [3.05, 3.63) is 35.8 Å². The fourth-order valence-corrected chi connectivity index (χ4v) is 1.32. The van der Waals surface area contributed by atoms with Crippen molar-refractivity contribution in [1.29, 1.82) is 0 Å². The van der Waals surface area contributed by atoms with Crippen LogP contribution in [0.15, 0.2) is 29.4 Å². The topological polar surface area (TPSA) is 33.5 Å². The number of furan rings is 1. The molecule has 1 aromatic heterocycles. The summed E-state index contributed by atoms with van der Waals surface area (Å²) in [5.74, 6) is -0.133. The van der Waals surface area contributed by atoms with E-state index in [1.807, 2.05) is 6.92 Å². The van der Waals surface area contributed by atoms with Gasteiger partial charge in [-0.3, -0.25) is 4.79 Å². The predicted molar refractivity (Wildman–Crippen MR) is 55.5 cm³/mol. The van der Waals surface area contributed by atoms with Crippen molar-refractivity contribution < 1.29 is 9.21 Å². The van der Waals surface area contributed by atoms with Crippen molar-refractivity contribution in [3.63, 3.8) is 0 Å². The average Bonchev–Trinajstić information content (AvgIpc) is 2.59. The summed E-state index contributed by atoms with van der Waals surface area (Å²) in [5, 5.41) is 0.137. The lowest BCUT2D eigenvalue weighted by Crippen LogP contribution is -2.30. The van der Waals surface area contributed by atoms with Crippen molar-refractivity contribution in [1.82, 2.24) is 4.90 Å². The van der Waals surface area contributed by atoms with Gasteiger partial charge in [-0.1, -0.05) is 6.08 Å². The van der Waals surface area contributed by atoms with Gasteiger partial charge in [-0.2, -0.15) is 0 Å². The van der Waals surface area contributed by atoms with Crippen LogP contribution in [0.4, 0.5) is 0 Å². The Bertz CT molecular complexity index is 333. The SMILES string of the molecule is C=CCN(CC)C(=O)c1ccoc1Cl. The maximum absolute atomic E-state index is 11.8. The van der Waals surface area contributed by atoms with E-state index < -0.39 is 0 Å². The van der Waals surface area contributed by atoms with E-state index in [1.54, 1.807) is 17.0 Å². The normalized spacial score (nSPS) is 9.86. The van der Waals surface area contributed by atoms with Crippen molar-refractivity contribution >= 4 is 17.5 Å². The summed E-state index contributed by atoms with van der Waals surface area (Å²) in [6.07, 6.45) is 3.08. The number of likely N-dealkylation sites (N-methyl/N-ethyl adjacent to an activating group) is 1. The fraction of sp³-hybridized carbons (Fsp3) is 0.300. The number of amides is 1. The van der Waals surface area contributed by atoms with Gasteiger partial charge < -0.3 is 9.32 Å². The van der Waals surface area contributed by atoms with E-state index in [-0.39, 0.29) is 11.1 Å². The molecule has 0 saturated heterocycles. The molecule has 0 bridgehead atoms. The Morgan fingerprint density at radius 3 is 2.93 bits per heavy atom. The first-order valence-electron chi connectivity index (χ1n) is 4.33. The van der Waals surface area contributed by atoms with Crippen molar-refractivity contribution in [2.45, 2.75) is 6.92 Å². The first-order chi connectivity index (χ1) is 6.70. The van der Waals surface area contributed by atoms with E-state index in [2.05, 4.69) is 6.58 Å². The molecule has 0 fully saturated rings. The molecule has 1 amide bonds. The van der Waals surface area contributed by atoms with Crippen LogP contribution in [0.1, 0.15) is 17.3 Å². The molecule has 0 aliphatic rings. The molecule has 1 rings (SSSR count). The Labute approximate surface area is 88.0 Å². The summed E-state index contributed by atoms with van der Waals surface area (Å²) < 4.78 is 4.85. The molecule has 76 valence electrons. The first-order valence-corrected chi connectivity index (χ1v) is 4.71. The molecule has 0 aromatic carbocycles. The fourth-order valence-electron chi connectivity index (χ4n) is 1.13. The molecular weight excluding hydrogens is 202 g/mol. The molecule has 0 unspecified atom stereocenters. The van der Waals surface area contributed by atoms with Gasteiger partial charge in [-0.05, 0) is 24.6 Å². The first kappa shape index (κ1) is 10.9. The lowest BCUT2D eigenvalue weighted by molar-refractivity contribution is 0.0781. The van der Waals surface area contributed by atoms with E-state index in [9.17, 15) is 4.79 Å². The van der Waals surface area contributed by atoms with Gasteiger partial charge in [-0.25, -0.2) is 0 Å². The zero-order valence-electron chi connectivity index (χ0n) is 8.00. The molecule has 0 saturated carbocycles. The van der Waals surface area contributed by atoms with Gasteiger partial charge in [-0.15, -0.1) is 6.58 Å². The zero-order chi connectivity index (χ0) is 10.6. The van der Waals surface area contributed by atoms with Crippen LogP contribution in [0.5, 0.6) is 0 Å². The number of nitrogens with zero attached hydrogens (tertiary/aromatic N) is 1. The summed E-state index contributed by atoms with van der Waals surface area (Å²) in [6.45, 7) is 6.61. The second-order valence-electron chi connectivity index (χ2n) is 2.74. The van der Waals surface area contributed by atoms with Crippen LogP contribution in [-0.4, -0.2) is 23.9 Å². The van der Waals surface area contributed by atoms with Crippen LogP contribution in [0, 0.1) is 0 Å². The van der Waals surface area contributed by atoms with E-state index in [1.165, 1.54) is 6.26 Å². The lowest BCUT2D eigenvalue weighted by Gasteiger charge is -2.17. The second-order valence-corrected chi connectivity index (χ2v) is 3.08. The van der Waals surface area contributed by atoms with Gasteiger partial charge in [0.05, 0.1) is 11.8 Å². The highest BCUT2D eigenvalue weighted by atomic mass is 35.5. The highest BCUT2D eigenvalue weighted by Crippen LogP contribution is 2.18. The highest BCUT2D eigenvalue weighted by Gasteiger charge is 2.17. The van der Waals surface area contributed by atoms with Crippen LogP contribution in [-0.2, 0) is 0 Å². The molecule has 1 aromatic rings. The molecule has 0 spiro atoms. The number of rotatable bonds is 4. The van der Waals surface area contributed by atoms with Gasteiger partial charge in [0.15, 0.2) is 0 Å². The Balaban J connectivity index is 2.82. The number of hydrogen-bond acceptors (Lipinski definition) is 2. The van der Waals surface area contributed by atoms with E-state index in [4.69, 9.17) is 16.0 Å². The van der Waals surface area contributed by atoms with Crippen LogP contribution < -0.4 is 0 Å². The van der Waals surface area contributed by atoms with E-state index in [0.29, 0.717) is 18.7 Å². The lowest BCUT2D eigenvalue weighted by atomic mass is 10.3. The van der Waals surface area contributed by atoms with Crippen LogP contribution in [0.2, 0.25) is 5.22 Å². The van der Waals surface area contributed by atoms with Gasteiger partial charge in [0.2, 0.25) is 5.22 Å². The maximum Gasteiger partial charge on any atom is 0.259 e. The molecule has 0 atom stereocenters. The van der Waals surface area contributed by atoms with Gasteiger partial charge in [0.25, 0.3) is 5.91 Å². The molecule has 3 nitrogen and oxygen atoms in total. The quantitative estimate of drug-likeness (QED) is 0.721. The predicted octanol–water partition coefficient (Wildman–Crippen LogP) is 2.58. The van der Waals surface area contributed by atoms with Crippen LogP contribution in [0.25, 0.3) is 0 Å². The smallest absolute Gasteiger partial charge is 0.259 e. The summed E-state index contributed by atoms with van der Waals surface area (Å²) in [6, 6.07) is 1.57. The van der Waals surface area contributed by atoms with Gasteiger partial charge >= 0.3 is 0 Å². The monoisotopic (exact) mass is 213 g/mol. The second kappa shape index (κ2) is 4.86. The third-order valence-corrected chi connectivity index (χ3v) is 2.16. The number of carbonyl (C=O) groups is 1. The molecule has 0 aliphatic heterocycles. The molecular formula is C10H12ClNO2. The Hall–Kier alpha value is -1.22. The molecule has 4 heteroatoms. The highest BCUT2D eigenvalue weighted by molar-refractivity contribution is 6.32. The minimum atomic E-state index is -0.133. The minimum absolute atomic E-state index is 0.133. The third kappa shape index (κ3) is 2.17. The number of carbonyl (C=O) groups excluding carboxylic acids is 1.